The summed E-state index contributed by atoms with van der Waals surface area (Å²) in [5, 5.41) is 3.43. The third kappa shape index (κ3) is 4.12. The van der Waals surface area contributed by atoms with Crippen LogP contribution < -0.4 is 5.32 Å². The Balaban J connectivity index is 2.20. The molecule has 0 aliphatic carbocycles. The minimum Gasteiger partial charge on any atom is -0.335 e. The number of hydrogen-bond acceptors (Lipinski definition) is 3. The smallest absolute Gasteiger partial charge is 0.335 e. The number of nitrogens with zero attached hydrogens (tertiary/aromatic N) is 1. The van der Waals surface area contributed by atoms with Gasteiger partial charge in [0.15, 0.2) is 5.17 Å². The summed E-state index contributed by atoms with van der Waals surface area (Å²) in [6.45, 7) is 4.11. The molecule has 1 aliphatic heterocycles. The summed E-state index contributed by atoms with van der Waals surface area (Å²) in [4.78, 5) is 4.48. The summed E-state index contributed by atoms with van der Waals surface area (Å²) in [7, 11) is 0. The molecule has 21 heavy (non-hydrogen) atoms. The molecule has 0 amide bonds. The predicted octanol–water partition coefficient (Wildman–Crippen LogP) is 4.77. The van der Waals surface area contributed by atoms with E-state index < -0.39 is 17.6 Å². The molecule has 1 atom stereocenters. The van der Waals surface area contributed by atoms with E-state index in [-0.39, 0.29) is 11.7 Å². The lowest BCUT2D eigenvalue weighted by molar-refractivity contribution is -0.139. The van der Waals surface area contributed by atoms with Crippen LogP contribution in [-0.2, 0) is 6.18 Å². The second-order valence-electron chi connectivity index (χ2n) is 5.20. The molecule has 0 saturated carbocycles. The molecule has 1 unspecified atom stereocenters. The van der Waals surface area contributed by atoms with E-state index >= 15 is 0 Å². The van der Waals surface area contributed by atoms with Gasteiger partial charge in [-0.15, -0.1) is 0 Å². The van der Waals surface area contributed by atoms with Gasteiger partial charge >= 0.3 is 6.18 Å². The molecule has 1 aliphatic rings. The molecule has 0 aromatic heterocycles. The van der Waals surface area contributed by atoms with Crippen molar-refractivity contribution in [2.24, 2.45) is 10.9 Å². The first-order chi connectivity index (χ1) is 9.77. The molecule has 7 heteroatoms. The van der Waals surface area contributed by atoms with Gasteiger partial charge in [0, 0.05) is 11.4 Å². The summed E-state index contributed by atoms with van der Waals surface area (Å²) in [5.41, 5.74) is -1.08. The minimum absolute atomic E-state index is 0.163. The molecule has 1 aromatic rings. The lowest BCUT2D eigenvalue weighted by Gasteiger charge is -2.23. The topological polar surface area (TPSA) is 24.4 Å². The number of nitrogens with one attached hydrogen (secondary N) is 1. The zero-order chi connectivity index (χ0) is 15.6. The predicted molar refractivity (Wildman–Crippen MR) is 78.2 cm³/mol. The molecule has 2 nitrogen and oxygen atoms in total. The van der Waals surface area contributed by atoms with Gasteiger partial charge in [0.2, 0.25) is 0 Å². The molecule has 2 rings (SSSR count). The molecular weight excluding hydrogens is 304 g/mol. The Morgan fingerprint density at radius 2 is 2.05 bits per heavy atom. The fourth-order valence-corrected chi connectivity index (χ4v) is 2.98. The van der Waals surface area contributed by atoms with E-state index in [1.54, 1.807) is 0 Å². The summed E-state index contributed by atoms with van der Waals surface area (Å²) in [6, 6.07) is 3.04. The molecule has 116 valence electrons. The van der Waals surface area contributed by atoms with E-state index in [0.29, 0.717) is 11.1 Å². The van der Waals surface area contributed by atoms with Crippen LogP contribution >= 0.6 is 11.8 Å². The Kier molecular flexibility index (Phi) is 4.81. The van der Waals surface area contributed by atoms with Crippen LogP contribution in [0.5, 0.6) is 0 Å². The second-order valence-corrected chi connectivity index (χ2v) is 6.28. The number of benzene rings is 1. The highest BCUT2D eigenvalue weighted by atomic mass is 32.2. The van der Waals surface area contributed by atoms with Crippen LogP contribution in [-0.4, -0.2) is 17.0 Å². The van der Waals surface area contributed by atoms with Crippen LogP contribution in [0.1, 0.15) is 25.8 Å². The Morgan fingerprint density at radius 3 is 2.67 bits per heavy atom. The van der Waals surface area contributed by atoms with Gasteiger partial charge in [0.25, 0.3) is 0 Å². The Bertz CT molecular complexity index is 540. The molecule has 1 N–H and O–H groups in total. The largest absolute Gasteiger partial charge is 0.419 e. The van der Waals surface area contributed by atoms with E-state index in [4.69, 9.17) is 0 Å². The molecule has 0 saturated heterocycles. The van der Waals surface area contributed by atoms with Crippen molar-refractivity contribution in [3.63, 3.8) is 0 Å². The fourth-order valence-electron chi connectivity index (χ4n) is 2.02. The minimum atomic E-state index is -4.70. The summed E-state index contributed by atoms with van der Waals surface area (Å²) in [5.74, 6) is -0.0323. The van der Waals surface area contributed by atoms with Gasteiger partial charge in [-0.1, -0.05) is 25.6 Å². The van der Waals surface area contributed by atoms with Crippen molar-refractivity contribution in [1.82, 2.24) is 0 Å². The van der Waals surface area contributed by atoms with Gasteiger partial charge < -0.3 is 5.32 Å². The van der Waals surface area contributed by atoms with E-state index in [0.717, 1.165) is 24.3 Å². The van der Waals surface area contributed by atoms with Crippen LogP contribution in [0.15, 0.2) is 23.2 Å². The molecule has 0 spiro atoms. The lowest BCUT2D eigenvalue weighted by Crippen LogP contribution is -2.24. The van der Waals surface area contributed by atoms with E-state index in [1.165, 1.54) is 17.8 Å². The quantitative estimate of drug-likeness (QED) is 0.794. The zero-order valence-corrected chi connectivity index (χ0v) is 12.5. The van der Waals surface area contributed by atoms with Crippen molar-refractivity contribution < 1.29 is 17.6 Å². The second kappa shape index (κ2) is 6.25. The highest BCUT2D eigenvalue weighted by Gasteiger charge is 2.34. The molecule has 0 fully saturated rings. The molecule has 1 aromatic carbocycles. The maximum absolute atomic E-state index is 13.2. The van der Waals surface area contributed by atoms with Crippen molar-refractivity contribution in [2.75, 3.05) is 11.1 Å². The maximum Gasteiger partial charge on any atom is 0.419 e. The highest BCUT2D eigenvalue weighted by molar-refractivity contribution is 8.14. The lowest BCUT2D eigenvalue weighted by atomic mass is 10.0. The molecular formula is C14H16F4N2S. The van der Waals surface area contributed by atoms with Crippen molar-refractivity contribution in [1.29, 1.82) is 0 Å². The first kappa shape index (κ1) is 16.1. The number of hydrogen-bond donors (Lipinski definition) is 1. The van der Waals surface area contributed by atoms with Crippen molar-refractivity contribution in [2.45, 2.75) is 32.5 Å². The van der Waals surface area contributed by atoms with Gasteiger partial charge in [-0.2, -0.15) is 13.2 Å². The van der Waals surface area contributed by atoms with Crippen molar-refractivity contribution in [3.8, 4) is 0 Å². The molecule has 0 radical (unpaired) electrons. The van der Waals surface area contributed by atoms with Crippen LogP contribution in [0.2, 0.25) is 0 Å². The van der Waals surface area contributed by atoms with Crippen LogP contribution in [0.3, 0.4) is 0 Å². The van der Waals surface area contributed by atoms with Gasteiger partial charge in [-0.05, 0) is 30.5 Å². The van der Waals surface area contributed by atoms with Gasteiger partial charge in [-0.3, -0.25) is 4.99 Å². The summed E-state index contributed by atoms with van der Waals surface area (Å²) < 4.78 is 51.2. The Labute approximate surface area is 125 Å². The Hall–Kier alpha value is -1.24. The van der Waals surface area contributed by atoms with Crippen LogP contribution in [0.4, 0.5) is 23.2 Å². The third-order valence-corrected chi connectivity index (χ3v) is 4.15. The standard InChI is InChI=1S/C14H16F4N2S/c1-8(2)12-5-6-21-13(20-12)19-9-3-4-11(15)10(7-9)14(16,17)18/h3-4,7-8,12H,5-6H2,1-2H3,(H,19,20). The number of aliphatic imine (C=N–C) groups is 1. The molecule has 1 heterocycles. The SMILES string of the molecule is CC(C)C1CCSC(Nc2ccc(F)c(C(F)(F)F)c2)=N1. The number of halogens is 4. The monoisotopic (exact) mass is 320 g/mol. The third-order valence-electron chi connectivity index (χ3n) is 3.23. The molecule has 0 bridgehead atoms. The normalized spacial score (nSPS) is 19.6. The van der Waals surface area contributed by atoms with E-state index in [2.05, 4.69) is 24.2 Å². The van der Waals surface area contributed by atoms with Crippen LogP contribution in [0, 0.1) is 11.7 Å². The van der Waals surface area contributed by atoms with Crippen LogP contribution in [0.25, 0.3) is 0 Å². The van der Waals surface area contributed by atoms with Crippen molar-refractivity contribution >= 4 is 22.6 Å². The number of amidine groups is 1. The number of alkyl halides is 3. The zero-order valence-electron chi connectivity index (χ0n) is 11.7. The highest BCUT2D eigenvalue weighted by Crippen LogP contribution is 2.33. The average Bonchev–Trinajstić information content (AvgIpc) is 2.40. The van der Waals surface area contributed by atoms with E-state index in [1.807, 2.05) is 0 Å². The number of thioether (sulfide) groups is 1. The summed E-state index contributed by atoms with van der Waals surface area (Å²) >= 11 is 1.46. The van der Waals surface area contributed by atoms with Gasteiger partial charge in [0.05, 0.1) is 11.6 Å². The number of anilines is 1. The van der Waals surface area contributed by atoms with Gasteiger partial charge in [0.1, 0.15) is 5.82 Å². The first-order valence-corrected chi connectivity index (χ1v) is 7.60. The fraction of sp³-hybridized carbons (Fsp3) is 0.500. The first-order valence-electron chi connectivity index (χ1n) is 6.61. The van der Waals surface area contributed by atoms with E-state index in [9.17, 15) is 17.6 Å². The van der Waals surface area contributed by atoms with Crippen molar-refractivity contribution in [3.05, 3.63) is 29.6 Å². The Morgan fingerprint density at radius 1 is 1.33 bits per heavy atom. The van der Waals surface area contributed by atoms with Gasteiger partial charge in [-0.25, -0.2) is 4.39 Å². The summed E-state index contributed by atoms with van der Waals surface area (Å²) in [6.07, 6.45) is -3.76. The average molecular weight is 320 g/mol. The number of rotatable bonds is 2. The maximum atomic E-state index is 13.2.